The number of nitrogens with one attached hydrogen (secondary N) is 1. The third-order valence-electron chi connectivity index (χ3n) is 3.44. The third-order valence-corrected chi connectivity index (χ3v) is 6.06. The van der Waals surface area contributed by atoms with Gasteiger partial charge < -0.3 is 5.32 Å². The van der Waals surface area contributed by atoms with Gasteiger partial charge in [-0.15, -0.1) is 0 Å². The molecule has 0 amide bonds. The van der Waals surface area contributed by atoms with E-state index < -0.39 is 9.84 Å². The number of rotatable bonds is 3. The molecule has 1 aromatic rings. The summed E-state index contributed by atoms with van der Waals surface area (Å²) in [6.07, 6.45) is 0.698. The summed E-state index contributed by atoms with van der Waals surface area (Å²) in [5.41, 5.74) is 0.905. The molecular formula is C13H18INO2S. The summed E-state index contributed by atoms with van der Waals surface area (Å²) in [5, 5.41) is 3.46. The summed E-state index contributed by atoms with van der Waals surface area (Å²) in [4.78, 5) is 0. The summed E-state index contributed by atoms with van der Waals surface area (Å²) < 4.78 is 24.3. The lowest BCUT2D eigenvalue weighted by Crippen LogP contribution is -2.44. The van der Waals surface area contributed by atoms with Crippen LogP contribution in [0.2, 0.25) is 0 Å². The number of benzene rings is 1. The fraction of sp³-hybridized carbons (Fsp3) is 0.538. The minimum atomic E-state index is -2.85. The molecule has 100 valence electrons. The van der Waals surface area contributed by atoms with E-state index in [1.807, 2.05) is 6.92 Å². The number of halogens is 1. The van der Waals surface area contributed by atoms with Crippen molar-refractivity contribution in [2.45, 2.75) is 31.8 Å². The lowest BCUT2D eigenvalue weighted by molar-refractivity contribution is 0.355. The Morgan fingerprint density at radius 3 is 2.44 bits per heavy atom. The molecule has 1 aromatic carbocycles. The fourth-order valence-corrected chi connectivity index (χ4v) is 4.95. The maximum atomic E-state index is 11.6. The van der Waals surface area contributed by atoms with E-state index in [9.17, 15) is 8.42 Å². The van der Waals surface area contributed by atoms with E-state index in [2.05, 4.69) is 59.1 Å². The van der Waals surface area contributed by atoms with Gasteiger partial charge in [0.1, 0.15) is 0 Å². The minimum absolute atomic E-state index is 0.167. The van der Waals surface area contributed by atoms with E-state index in [0.717, 1.165) is 0 Å². The number of hydrogen-bond donors (Lipinski definition) is 1. The molecule has 0 spiro atoms. The Bertz CT molecular complexity index is 526. The molecule has 0 aromatic heterocycles. The maximum Gasteiger partial charge on any atom is 0.152 e. The molecule has 1 aliphatic heterocycles. The summed E-state index contributed by atoms with van der Waals surface area (Å²) in [6.45, 7) is 4.08. The van der Waals surface area contributed by atoms with Gasteiger partial charge in [-0.25, -0.2) is 8.42 Å². The molecule has 1 heterocycles. The van der Waals surface area contributed by atoms with Gasteiger partial charge in [-0.2, -0.15) is 0 Å². The lowest BCUT2D eigenvalue weighted by atomic mass is 9.98. The standard InChI is InChI=1S/C13H18INO2S/c1-10(11-3-5-12(14)6-4-11)15-13(2)7-8-18(16,17)9-13/h3-6,10,15H,7-9H2,1-2H3. The fourth-order valence-electron chi connectivity index (χ4n) is 2.48. The van der Waals surface area contributed by atoms with Gasteiger partial charge in [-0.3, -0.25) is 0 Å². The predicted octanol–water partition coefficient (Wildman–Crippen LogP) is 2.52. The van der Waals surface area contributed by atoms with Crippen molar-refractivity contribution < 1.29 is 8.42 Å². The Morgan fingerprint density at radius 2 is 1.94 bits per heavy atom. The maximum absolute atomic E-state index is 11.6. The van der Waals surface area contributed by atoms with Crippen molar-refractivity contribution in [3.05, 3.63) is 33.4 Å². The van der Waals surface area contributed by atoms with Crippen LogP contribution in [0.3, 0.4) is 0 Å². The second-order valence-corrected chi connectivity index (χ2v) is 8.75. The van der Waals surface area contributed by atoms with E-state index in [4.69, 9.17) is 0 Å². The number of sulfone groups is 1. The molecule has 2 rings (SSSR count). The van der Waals surface area contributed by atoms with Crippen LogP contribution in [0, 0.1) is 3.57 Å². The zero-order chi connectivity index (χ0) is 13.4. The van der Waals surface area contributed by atoms with Gasteiger partial charge in [0.2, 0.25) is 0 Å². The van der Waals surface area contributed by atoms with Crippen LogP contribution in [0.1, 0.15) is 31.9 Å². The molecule has 1 saturated heterocycles. The average molecular weight is 379 g/mol. The smallest absolute Gasteiger partial charge is 0.152 e. The van der Waals surface area contributed by atoms with Gasteiger partial charge >= 0.3 is 0 Å². The molecule has 18 heavy (non-hydrogen) atoms. The largest absolute Gasteiger partial charge is 0.304 e. The zero-order valence-electron chi connectivity index (χ0n) is 10.6. The molecule has 5 heteroatoms. The molecule has 0 saturated carbocycles. The van der Waals surface area contributed by atoms with Crippen LogP contribution in [-0.4, -0.2) is 25.5 Å². The van der Waals surface area contributed by atoms with E-state index in [1.54, 1.807) is 0 Å². The van der Waals surface area contributed by atoms with Gasteiger partial charge in [-0.05, 0) is 60.6 Å². The van der Waals surface area contributed by atoms with Gasteiger partial charge in [0.25, 0.3) is 0 Å². The van der Waals surface area contributed by atoms with Crippen LogP contribution in [0.25, 0.3) is 0 Å². The van der Waals surface area contributed by atoms with Gasteiger partial charge in [0.05, 0.1) is 11.5 Å². The summed E-state index contributed by atoms with van der Waals surface area (Å²) in [6, 6.07) is 8.49. The van der Waals surface area contributed by atoms with Gasteiger partial charge in [-0.1, -0.05) is 12.1 Å². The Labute approximate surface area is 122 Å². The first-order chi connectivity index (χ1) is 8.30. The Morgan fingerprint density at radius 1 is 1.33 bits per heavy atom. The molecule has 1 aliphatic rings. The van der Waals surface area contributed by atoms with Crippen LogP contribution in [0.5, 0.6) is 0 Å². The van der Waals surface area contributed by atoms with Crippen LogP contribution in [0.4, 0.5) is 0 Å². The highest BCUT2D eigenvalue weighted by Crippen LogP contribution is 2.26. The summed E-state index contributed by atoms with van der Waals surface area (Å²) >= 11 is 2.28. The normalized spacial score (nSPS) is 28.2. The first kappa shape index (κ1) is 14.3. The molecule has 1 fully saturated rings. The second-order valence-electron chi connectivity index (χ2n) is 5.32. The molecule has 0 aliphatic carbocycles. The van der Waals surface area contributed by atoms with E-state index in [-0.39, 0.29) is 17.3 Å². The van der Waals surface area contributed by atoms with Crippen LogP contribution >= 0.6 is 22.6 Å². The molecule has 2 atom stereocenters. The van der Waals surface area contributed by atoms with Crippen molar-refractivity contribution in [3.63, 3.8) is 0 Å². The van der Waals surface area contributed by atoms with Crippen molar-refractivity contribution in [3.8, 4) is 0 Å². The average Bonchev–Trinajstić information content (AvgIpc) is 2.53. The summed E-state index contributed by atoms with van der Waals surface area (Å²) in [5.74, 6) is 0.546. The van der Waals surface area contributed by atoms with E-state index >= 15 is 0 Å². The van der Waals surface area contributed by atoms with Crippen molar-refractivity contribution in [1.82, 2.24) is 5.32 Å². The molecule has 1 N–H and O–H groups in total. The van der Waals surface area contributed by atoms with Crippen molar-refractivity contribution in [2.75, 3.05) is 11.5 Å². The Balaban J connectivity index is 2.08. The molecular weight excluding hydrogens is 361 g/mol. The van der Waals surface area contributed by atoms with Crippen molar-refractivity contribution >= 4 is 32.4 Å². The molecule has 3 nitrogen and oxygen atoms in total. The lowest BCUT2D eigenvalue weighted by Gasteiger charge is -2.29. The highest BCUT2D eigenvalue weighted by molar-refractivity contribution is 14.1. The van der Waals surface area contributed by atoms with Gasteiger partial charge in [0.15, 0.2) is 9.84 Å². The SMILES string of the molecule is CC(NC1(C)CCS(=O)(=O)C1)c1ccc(I)cc1. The topological polar surface area (TPSA) is 46.2 Å². The molecule has 0 radical (unpaired) electrons. The van der Waals surface area contributed by atoms with E-state index in [0.29, 0.717) is 12.2 Å². The third kappa shape index (κ3) is 3.45. The molecule has 2 unspecified atom stereocenters. The number of hydrogen-bond acceptors (Lipinski definition) is 3. The molecule has 0 bridgehead atoms. The summed E-state index contributed by atoms with van der Waals surface area (Å²) in [7, 11) is -2.85. The van der Waals surface area contributed by atoms with Crippen molar-refractivity contribution in [2.24, 2.45) is 0 Å². The van der Waals surface area contributed by atoms with Gasteiger partial charge in [0, 0.05) is 15.2 Å². The van der Waals surface area contributed by atoms with Crippen LogP contribution in [0.15, 0.2) is 24.3 Å². The highest BCUT2D eigenvalue weighted by Gasteiger charge is 2.38. The zero-order valence-corrected chi connectivity index (χ0v) is 13.6. The second kappa shape index (κ2) is 5.09. The quantitative estimate of drug-likeness (QED) is 0.822. The minimum Gasteiger partial charge on any atom is -0.304 e. The van der Waals surface area contributed by atoms with Crippen LogP contribution < -0.4 is 5.32 Å². The first-order valence-corrected chi connectivity index (χ1v) is 8.93. The van der Waals surface area contributed by atoms with Crippen LogP contribution in [-0.2, 0) is 9.84 Å². The predicted molar refractivity (Wildman–Crippen MR) is 82.4 cm³/mol. The monoisotopic (exact) mass is 379 g/mol. The van der Waals surface area contributed by atoms with Crippen molar-refractivity contribution in [1.29, 1.82) is 0 Å². The highest BCUT2D eigenvalue weighted by atomic mass is 127. The van der Waals surface area contributed by atoms with E-state index in [1.165, 1.54) is 9.13 Å². The Hall–Kier alpha value is -0.140. The first-order valence-electron chi connectivity index (χ1n) is 6.03. The Kier molecular flexibility index (Phi) is 4.04.